The Bertz CT molecular complexity index is 378. The number of aliphatic hydroxyl groups excluding tert-OH is 1. The van der Waals surface area contributed by atoms with Gasteiger partial charge in [-0.15, -0.1) is 0 Å². The van der Waals surface area contributed by atoms with E-state index in [1.807, 2.05) is 0 Å². The zero-order chi connectivity index (χ0) is 11.8. The van der Waals surface area contributed by atoms with Gasteiger partial charge in [0.05, 0.1) is 6.10 Å². The minimum Gasteiger partial charge on any atom is -0.393 e. The maximum atomic E-state index is 9.78. The van der Waals surface area contributed by atoms with E-state index in [9.17, 15) is 5.11 Å². The minimum atomic E-state index is -0.0551. The molecular formula is C14H18INO. The molecule has 2 heterocycles. The first-order valence-electron chi connectivity index (χ1n) is 6.40. The lowest BCUT2D eigenvalue weighted by Gasteiger charge is -2.37. The van der Waals surface area contributed by atoms with Gasteiger partial charge in [-0.3, -0.25) is 4.90 Å². The molecule has 0 amide bonds. The van der Waals surface area contributed by atoms with Gasteiger partial charge in [-0.25, -0.2) is 0 Å². The number of rotatable bonds is 2. The van der Waals surface area contributed by atoms with Gasteiger partial charge < -0.3 is 5.11 Å². The number of hydrogen-bond acceptors (Lipinski definition) is 2. The van der Waals surface area contributed by atoms with E-state index in [4.69, 9.17) is 0 Å². The van der Waals surface area contributed by atoms with E-state index in [0.29, 0.717) is 12.1 Å². The van der Waals surface area contributed by atoms with Crippen molar-refractivity contribution in [2.24, 2.45) is 0 Å². The van der Waals surface area contributed by atoms with Gasteiger partial charge in [0.15, 0.2) is 0 Å². The molecule has 2 saturated heterocycles. The first-order chi connectivity index (χ1) is 8.22. The minimum absolute atomic E-state index is 0.0551. The fraction of sp³-hybridized carbons (Fsp3) is 0.571. The monoisotopic (exact) mass is 343 g/mol. The highest BCUT2D eigenvalue weighted by atomic mass is 127. The van der Waals surface area contributed by atoms with E-state index < -0.39 is 0 Å². The Hall–Kier alpha value is -0.130. The molecule has 2 atom stereocenters. The van der Waals surface area contributed by atoms with Crippen LogP contribution in [0, 0.1) is 3.57 Å². The van der Waals surface area contributed by atoms with E-state index in [1.165, 1.54) is 22.0 Å². The van der Waals surface area contributed by atoms with Crippen molar-refractivity contribution >= 4 is 22.6 Å². The van der Waals surface area contributed by atoms with Crippen molar-refractivity contribution in [1.82, 2.24) is 4.90 Å². The molecule has 17 heavy (non-hydrogen) atoms. The second-order valence-corrected chi connectivity index (χ2v) is 6.55. The second kappa shape index (κ2) is 4.86. The summed E-state index contributed by atoms with van der Waals surface area (Å²) in [4.78, 5) is 2.61. The van der Waals surface area contributed by atoms with E-state index in [0.717, 1.165) is 19.4 Å². The van der Waals surface area contributed by atoms with Gasteiger partial charge in [-0.05, 0) is 66.0 Å². The quantitative estimate of drug-likeness (QED) is 0.835. The Morgan fingerprint density at radius 1 is 1.12 bits per heavy atom. The zero-order valence-electron chi connectivity index (χ0n) is 9.85. The molecule has 2 fully saturated rings. The highest BCUT2D eigenvalue weighted by Crippen LogP contribution is 2.36. The molecule has 2 bridgehead atoms. The summed E-state index contributed by atoms with van der Waals surface area (Å²) >= 11 is 2.34. The molecule has 0 saturated carbocycles. The van der Waals surface area contributed by atoms with Crippen LogP contribution in [-0.4, -0.2) is 28.2 Å². The molecule has 0 radical (unpaired) electrons. The van der Waals surface area contributed by atoms with Crippen LogP contribution in [0.15, 0.2) is 24.3 Å². The third-order valence-electron chi connectivity index (χ3n) is 4.14. The van der Waals surface area contributed by atoms with Crippen molar-refractivity contribution in [2.75, 3.05) is 0 Å². The highest BCUT2D eigenvalue weighted by molar-refractivity contribution is 14.1. The molecule has 92 valence electrons. The van der Waals surface area contributed by atoms with Crippen molar-refractivity contribution in [3.63, 3.8) is 0 Å². The lowest BCUT2D eigenvalue weighted by molar-refractivity contribution is 0.0310. The average molecular weight is 343 g/mol. The molecule has 3 rings (SSSR count). The SMILES string of the molecule is OC1CC2CCC(C1)N2Cc1ccc(I)cc1. The first kappa shape index (κ1) is 11.9. The number of piperidine rings is 1. The number of benzene rings is 1. The summed E-state index contributed by atoms with van der Waals surface area (Å²) in [5.74, 6) is 0. The molecule has 2 aliphatic rings. The number of hydrogen-bond donors (Lipinski definition) is 1. The van der Waals surface area contributed by atoms with Gasteiger partial charge in [-0.2, -0.15) is 0 Å². The molecule has 1 N–H and O–H groups in total. The fourth-order valence-electron chi connectivity index (χ4n) is 3.30. The maximum Gasteiger partial charge on any atom is 0.0570 e. The lowest BCUT2D eigenvalue weighted by Crippen LogP contribution is -2.44. The lowest BCUT2D eigenvalue weighted by atomic mass is 9.99. The molecule has 2 aliphatic heterocycles. The molecule has 0 aromatic heterocycles. The van der Waals surface area contributed by atoms with Crippen LogP contribution in [0.5, 0.6) is 0 Å². The molecule has 0 spiro atoms. The maximum absolute atomic E-state index is 9.78. The normalized spacial score (nSPS) is 32.9. The predicted octanol–water partition coefficient (Wildman–Crippen LogP) is 2.78. The van der Waals surface area contributed by atoms with Crippen LogP contribution in [0.1, 0.15) is 31.2 Å². The third kappa shape index (κ3) is 2.51. The highest BCUT2D eigenvalue weighted by Gasteiger charge is 2.39. The Kier molecular flexibility index (Phi) is 3.41. The van der Waals surface area contributed by atoms with Gasteiger partial charge in [0.25, 0.3) is 0 Å². The number of aliphatic hydroxyl groups is 1. The first-order valence-corrected chi connectivity index (χ1v) is 7.48. The van der Waals surface area contributed by atoms with Crippen LogP contribution in [0.3, 0.4) is 0 Å². The number of halogens is 1. The van der Waals surface area contributed by atoms with Crippen LogP contribution in [-0.2, 0) is 6.54 Å². The van der Waals surface area contributed by atoms with Crippen LogP contribution in [0.25, 0.3) is 0 Å². The Morgan fingerprint density at radius 3 is 2.29 bits per heavy atom. The molecule has 3 heteroatoms. The topological polar surface area (TPSA) is 23.5 Å². The second-order valence-electron chi connectivity index (χ2n) is 5.31. The molecule has 1 aromatic rings. The summed E-state index contributed by atoms with van der Waals surface area (Å²) in [7, 11) is 0. The standard InChI is InChI=1S/C14H18INO/c15-11-3-1-10(2-4-11)9-16-12-5-6-13(16)8-14(17)7-12/h1-4,12-14,17H,5-9H2. The van der Waals surface area contributed by atoms with Gasteiger partial charge >= 0.3 is 0 Å². The van der Waals surface area contributed by atoms with Crippen LogP contribution < -0.4 is 0 Å². The predicted molar refractivity (Wildman–Crippen MR) is 76.8 cm³/mol. The van der Waals surface area contributed by atoms with E-state index in [1.54, 1.807) is 0 Å². The summed E-state index contributed by atoms with van der Waals surface area (Å²) < 4.78 is 1.29. The molecule has 2 unspecified atom stereocenters. The van der Waals surface area contributed by atoms with Crippen LogP contribution in [0.2, 0.25) is 0 Å². The third-order valence-corrected chi connectivity index (χ3v) is 4.86. The molecule has 0 aliphatic carbocycles. The van der Waals surface area contributed by atoms with Crippen molar-refractivity contribution in [2.45, 2.75) is 50.4 Å². The molecule has 1 aromatic carbocycles. The smallest absolute Gasteiger partial charge is 0.0570 e. The van der Waals surface area contributed by atoms with Gasteiger partial charge in [-0.1, -0.05) is 12.1 Å². The number of nitrogens with zero attached hydrogens (tertiary/aromatic N) is 1. The summed E-state index contributed by atoms with van der Waals surface area (Å²) in [6, 6.07) is 10.0. The Labute approximate surface area is 116 Å². The van der Waals surface area contributed by atoms with Crippen molar-refractivity contribution < 1.29 is 5.11 Å². The van der Waals surface area contributed by atoms with Crippen LogP contribution in [0.4, 0.5) is 0 Å². The van der Waals surface area contributed by atoms with E-state index in [-0.39, 0.29) is 6.10 Å². The van der Waals surface area contributed by atoms with Gasteiger partial charge in [0.1, 0.15) is 0 Å². The largest absolute Gasteiger partial charge is 0.393 e. The van der Waals surface area contributed by atoms with E-state index in [2.05, 4.69) is 51.8 Å². The van der Waals surface area contributed by atoms with Crippen molar-refractivity contribution in [3.05, 3.63) is 33.4 Å². The summed E-state index contributed by atoms with van der Waals surface area (Å²) in [5, 5.41) is 9.78. The van der Waals surface area contributed by atoms with Crippen molar-refractivity contribution in [3.8, 4) is 0 Å². The molecule has 2 nitrogen and oxygen atoms in total. The van der Waals surface area contributed by atoms with E-state index >= 15 is 0 Å². The summed E-state index contributed by atoms with van der Waals surface area (Å²) in [6.45, 7) is 1.05. The van der Waals surface area contributed by atoms with Gasteiger partial charge in [0, 0.05) is 22.2 Å². The number of fused-ring (bicyclic) bond motifs is 2. The van der Waals surface area contributed by atoms with Crippen molar-refractivity contribution in [1.29, 1.82) is 0 Å². The zero-order valence-corrected chi connectivity index (χ0v) is 12.0. The Morgan fingerprint density at radius 2 is 1.71 bits per heavy atom. The van der Waals surface area contributed by atoms with Crippen LogP contribution >= 0.6 is 22.6 Å². The average Bonchev–Trinajstić information content (AvgIpc) is 2.56. The fourth-order valence-corrected chi connectivity index (χ4v) is 3.66. The summed E-state index contributed by atoms with van der Waals surface area (Å²) in [5.41, 5.74) is 1.40. The molecular weight excluding hydrogens is 325 g/mol. The van der Waals surface area contributed by atoms with Gasteiger partial charge in [0.2, 0.25) is 0 Å². The Balaban J connectivity index is 1.72. The summed E-state index contributed by atoms with van der Waals surface area (Å²) in [6.07, 6.45) is 4.43.